The van der Waals surface area contributed by atoms with Gasteiger partial charge in [0.15, 0.2) is 0 Å². The first-order valence-electron chi connectivity index (χ1n) is 14.9. The molecule has 1 heterocycles. The van der Waals surface area contributed by atoms with Gasteiger partial charge in [0.25, 0.3) is 5.56 Å². The van der Waals surface area contributed by atoms with Gasteiger partial charge < -0.3 is 0 Å². The number of fused-ring (bicyclic) bond motifs is 4. The summed E-state index contributed by atoms with van der Waals surface area (Å²) in [5, 5.41) is 8.44. The SMILES string of the molecule is C=C/C=c1\c(=C)c(=C)/c(=C\C=C)c2cc(-c3ccccc3-n3c(=O)c4ccccc4c4cc(-c5ccccc5)ccc43)ccc12. The molecule has 7 aromatic rings. The van der Waals surface area contributed by atoms with E-state index in [0.29, 0.717) is 5.39 Å². The van der Waals surface area contributed by atoms with Crippen LogP contribution in [-0.4, -0.2) is 4.57 Å². The summed E-state index contributed by atoms with van der Waals surface area (Å²) in [4.78, 5) is 14.3. The van der Waals surface area contributed by atoms with Crippen LogP contribution in [0.25, 0.3) is 85.7 Å². The van der Waals surface area contributed by atoms with Gasteiger partial charge in [-0.25, -0.2) is 0 Å². The molecule has 0 saturated heterocycles. The third-order valence-electron chi connectivity index (χ3n) is 8.63. The van der Waals surface area contributed by atoms with Gasteiger partial charge in [-0.3, -0.25) is 9.36 Å². The highest BCUT2D eigenvalue weighted by atomic mass is 16.1. The van der Waals surface area contributed by atoms with Crippen LogP contribution in [0.15, 0.2) is 145 Å². The maximum atomic E-state index is 14.3. The third kappa shape index (κ3) is 4.56. The van der Waals surface area contributed by atoms with Gasteiger partial charge in [0.1, 0.15) is 0 Å². The van der Waals surface area contributed by atoms with Gasteiger partial charge in [-0.05, 0) is 84.1 Å². The van der Waals surface area contributed by atoms with Crippen molar-refractivity contribution in [1.82, 2.24) is 4.57 Å². The van der Waals surface area contributed by atoms with Crippen molar-refractivity contribution in [2.24, 2.45) is 0 Å². The smallest absolute Gasteiger partial charge is 0.263 e. The number of nitrogens with zero attached hydrogens (tertiary/aromatic N) is 1. The summed E-state index contributed by atoms with van der Waals surface area (Å²) < 4.78 is 1.87. The molecule has 1 aromatic heterocycles. The van der Waals surface area contributed by atoms with E-state index in [-0.39, 0.29) is 5.56 Å². The lowest BCUT2D eigenvalue weighted by molar-refractivity contribution is 1.06. The van der Waals surface area contributed by atoms with Crippen LogP contribution in [-0.2, 0) is 0 Å². The van der Waals surface area contributed by atoms with E-state index < -0.39 is 0 Å². The second kappa shape index (κ2) is 11.3. The Hall–Kier alpha value is -5.99. The molecular weight excluding hydrogens is 546 g/mol. The lowest BCUT2D eigenvalue weighted by Crippen LogP contribution is -2.47. The van der Waals surface area contributed by atoms with E-state index in [1.165, 1.54) is 0 Å². The highest BCUT2D eigenvalue weighted by molar-refractivity contribution is 6.08. The fourth-order valence-corrected chi connectivity index (χ4v) is 6.48. The Kier molecular flexibility index (Phi) is 6.96. The molecule has 0 radical (unpaired) electrons. The standard InChI is InChI=1S/C43H31NO/c1-5-14-33-28(3)29(4)34(15-6-2)39-27-32(22-24-37(33)39)35-18-12-13-21-41(35)44-42-25-23-31(30-16-8-7-9-17-30)26-40(42)36-19-10-11-20-38(36)43(44)45/h5-27H,1-4H2/b33-14+,34-15+. The predicted octanol–water partition coefficient (Wildman–Crippen LogP) is 7.38. The minimum atomic E-state index is -0.0518. The molecule has 0 unspecified atom stereocenters. The molecule has 214 valence electrons. The van der Waals surface area contributed by atoms with Crippen LogP contribution in [0.4, 0.5) is 0 Å². The first-order valence-corrected chi connectivity index (χ1v) is 14.9. The van der Waals surface area contributed by atoms with Crippen molar-refractivity contribution in [3.8, 4) is 27.9 Å². The van der Waals surface area contributed by atoms with Gasteiger partial charge in [0.05, 0.1) is 11.2 Å². The summed E-state index contributed by atoms with van der Waals surface area (Å²) in [6.45, 7) is 16.6. The number of hydrogen-bond acceptors (Lipinski definition) is 1. The summed E-state index contributed by atoms with van der Waals surface area (Å²) in [5.74, 6) is 0. The van der Waals surface area contributed by atoms with E-state index in [2.05, 4.69) is 80.9 Å². The molecule has 0 aliphatic carbocycles. The molecule has 0 fully saturated rings. The number of pyridine rings is 1. The lowest BCUT2D eigenvalue weighted by atomic mass is 9.95. The number of benzene rings is 6. The molecule has 0 spiro atoms. The Morgan fingerprint density at radius 2 is 1.11 bits per heavy atom. The predicted molar refractivity (Wildman–Crippen MR) is 194 cm³/mol. The van der Waals surface area contributed by atoms with Gasteiger partial charge in [0, 0.05) is 16.3 Å². The zero-order chi connectivity index (χ0) is 31.1. The molecule has 0 N–H and O–H groups in total. The molecule has 6 aromatic carbocycles. The van der Waals surface area contributed by atoms with Gasteiger partial charge in [0.2, 0.25) is 0 Å². The Morgan fingerprint density at radius 1 is 0.511 bits per heavy atom. The van der Waals surface area contributed by atoms with Crippen LogP contribution in [0.1, 0.15) is 0 Å². The molecular formula is C43H31NO. The molecule has 0 aliphatic heterocycles. The normalized spacial score (nSPS) is 12.3. The van der Waals surface area contributed by atoms with Crippen molar-refractivity contribution in [3.63, 3.8) is 0 Å². The molecule has 2 nitrogen and oxygen atoms in total. The van der Waals surface area contributed by atoms with Gasteiger partial charge in [-0.2, -0.15) is 0 Å². The van der Waals surface area contributed by atoms with Gasteiger partial charge in [-0.15, -0.1) is 0 Å². The third-order valence-corrected chi connectivity index (χ3v) is 8.63. The Morgan fingerprint density at radius 3 is 1.84 bits per heavy atom. The lowest BCUT2D eigenvalue weighted by Gasteiger charge is -2.18. The maximum absolute atomic E-state index is 14.3. The van der Waals surface area contributed by atoms with Crippen molar-refractivity contribution in [2.45, 2.75) is 0 Å². The molecule has 2 heteroatoms. The number of rotatable bonds is 5. The highest BCUT2D eigenvalue weighted by Gasteiger charge is 2.17. The summed E-state index contributed by atoms with van der Waals surface area (Å²) in [6, 6.07) is 39.1. The minimum Gasteiger partial charge on any atom is -0.276 e. The van der Waals surface area contributed by atoms with Gasteiger partial charge >= 0.3 is 0 Å². The summed E-state index contributed by atoms with van der Waals surface area (Å²) in [7, 11) is 0. The minimum absolute atomic E-state index is 0.0518. The van der Waals surface area contributed by atoms with Crippen molar-refractivity contribution >= 4 is 57.8 Å². The molecule has 7 rings (SSSR count). The summed E-state index contributed by atoms with van der Waals surface area (Å²) in [6.07, 6.45) is 7.53. The van der Waals surface area contributed by atoms with Crippen LogP contribution < -0.4 is 26.4 Å². The quantitative estimate of drug-likeness (QED) is 0.196. The van der Waals surface area contributed by atoms with Crippen LogP contribution in [0.5, 0.6) is 0 Å². The van der Waals surface area contributed by atoms with Crippen LogP contribution in [0.2, 0.25) is 0 Å². The summed E-state index contributed by atoms with van der Waals surface area (Å²) >= 11 is 0. The van der Waals surface area contributed by atoms with Crippen molar-refractivity contribution < 1.29 is 0 Å². The second-order valence-electron chi connectivity index (χ2n) is 11.2. The van der Waals surface area contributed by atoms with E-state index in [1.54, 1.807) is 12.2 Å². The van der Waals surface area contributed by atoms with Crippen LogP contribution in [0, 0.1) is 0 Å². The van der Waals surface area contributed by atoms with Crippen LogP contribution in [0.3, 0.4) is 0 Å². The zero-order valence-electron chi connectivity index (χ0n) is 25.0. The first-order chi connectivity index (χ1) is 22.0. The van der Waals surface area contributed by atoms with E-state index in [1.807, 2.05) is 77.4 Å². The van der Waals surface area contributed by atoms with Crippen molar-refractivity contribution in [1.29, 1.82) is 0 Å². The molecule has 0 amide bonds. The van der Waals surface area contributed by atoms with E-state index in [4.69, 9.17) is 0 Å². The second-order valence-corrected chi connectivity index (χ2v) is 11.2. The molecule has 0 atom stereocenters. The Balaban J connectivity index is 1.56. The molecule has 0 aliphatic rings. The first kappa shape index (κ1) is 27.8. The highest BCUT2D eigenvalue weighted by Crippen LogP contribution is 2.33. The Bertz CT molecular complexity index is 2630. The average Bonchev–Trinajstić information content (AvgIpc) is 3.09. The van der Waals surface area contributed by atoms with E-state index in [9.17, 15) is 4.79 Å². The van der Waals surface area contributed by atoms with E-state index >= 15 is 0 Å². The topological polar surface area (TPSA) is 22.0 Å². The summed E-state index contributed by atoms with van der Waals surface area (Å²) in [5.41, 5.74) is 5.81. The molecule has 45 heavy (non-hydrogen) atoms. The maximum Gasteiger partial charge on any atom is 0.263 e. The van der Waals surface area contributed by atoms with E-state index in [0.717, 1.165) is 75.9 Å². The number of allylic oxidation sites excluding steroid dienone is 2. The number of hydrogen-bond donors (Lipinski definition) is 0. The van der Waals surface area contributed by atoms with Crippen molar-refractivity contribution in [2.75, 3.05) is 0 Å². The molecule has 0 bridgehead atoms. The largest absolute Gasteiger partial charge is 0.276 e. The van der Waals surface area contributed by atoms with Gasteiger partial charge in [-0.1, -0.05) is 136 Å². The Labute approximate surface area is 261 Å². The fraction of sp³-hybridized carbons (Fsp3) is 0. The zero-order valence-corrected chi connectivity index (χ0v) is 25.0. The fourth-order valence-electron chi connectivity index (χ4n) is 6.48. The van der Waals surface area contributed by atoms with Crippen molar-refractivity contribution in [3.05, 3.63) is 172 Å². The number of aromatic nitrogens is 1. The molecule has 0 saturated carbocycles. The van der Waals surface area contributed by atoms with Crippen LogP contribution >= 0.6 is 0 Å². The number of para-hydroxylation sites is 1. The monoisotopic (exact) mass is 577 g/mol. The average molecular weight is 578 g/mol.